The fraction of sp³-hybridized carbons (Fsp3) is 0.304. The number of ether oxygens (including phenoxy) is 2. The van der Waals surface area contributed by atoms with Gasteiger partial charge in [-0.25, -0.2) is 0 Å². The number of ketones is 1. The first-order valence-electron chi connectivity index (χ1n) is 9.74. The Kier molecular flexibility index (Phi) is 6.33. The van der Waals surface area contributed by atoms with Crippen LogP contribution in [0.5, 0.6) is 11.5 Å². The summed E-state index contributed by atoms with van der Waals surface area (Å²) in [6, 6.07) is 9.03. The molecule has 2 atom stereocenters. The highest BCUT2D eigenvalue weighted by atomic mass is 79.9. The van der Waals surface area contributed by atoms with E-state index >= 15 is 0 Å². The van der Waals surface area contributed by atoms with Crippen LogP contribution in [0, 0.1) is 0 Å². The summed E-state index contributed by atoms with van der Waals surface area (Å²) >= 11 is 15.7. The first-order chi connectivity index (χ1) is 14.8. The number of carbonyl (C=O) groups is 2. The summed E-state index contributed by atoms with van der Waals surface area (Å²) in [5, 5.41) is 3.85. The summed E-state index contributed by atoms with van der Waals surface area (Å²) < 4.78 is 11.7. The fourth-order valence-corrected chi connectivity index (χ4v) is 5.17. The zero-order chi connectivity index (χ0) is 22.3. The number of hydrogen-bond donors (Lipinski definition) is 1. The van der Waals surface area contributed by atoms with Gasteiger partial charge >= 0.3 is 0 Å². The molecule has 1 aliphatic carbocycles. The van der Waals surface area contributed by atoms with Crippen LogP contribution in [0.1, 0.15) is 42.2 Å². The molecule has 2 unspecified atom stereocenters. The van der Waals surface area contributed by atoms with Crippen LogP contribution in [-0.2, 0) is 9.59 Å². The molecular weight excluding hydrogens is 505 g/mol. The Balaban J connectivity index is 1.77. The van der Waals surface area contributed by atoms with Crippen molar-refractivity contribution in [3.05, 3.63) is 67.2 Å². The molecule has 2 aromatic carbocycles. The van der Waals surface area contributed by atoms with E-state index < -0.39 is 5.92 Å². The highest BCUT2D eigenvalue weighted by molar-refractivity contribution is 9.10. The number of allylic oxidation sites excluding steroid dienone is 2. The number of hydrogen-bond acceptors (Lipinski definition) is 4. The molecule has 0 bridgehead atoms. The molecule has 31 heavy (non-hydrogen) atoms. The van der Waals surface area contributed by atoms with Crippen molar-refractivity contribution in [1.29, 1.82) is 0 Å². The highest BCUT2D eigenvalue weighted by Crippen LogP contribution is 2.47. The second-order valence-corrected chi connectivity index (χ2v) is 9.30. The van der Waals surface area contributed by atoms with Crippen LogP contribution < -0.4 is 14.8 Å². The van der Waals surface area contributed by atoms with Gasteiger partial charge in [-0.2, -0.15) is 0 Å². The van der Waals surface area contributed by atoms with E-state index in [2.05, 4.69) is 21.2 Å². The standard InChI is InChI=1S/C23H20BrCl2NO4/c1-30-20-10-15(24)21(31-2)8-13(20)14-9-22(29)27-18-6-12(7-19(28)23(14)18)11-3-4-16(25)17(26)5-11/h3-5,8,10,12,14H,6-7,9H2,1-2H3,(H,27,29). The molecule has 0 radical (unpaired) electrons. The summed E-state index contributed by atoms with van der Waals surface area (Å²) in [5.74, 6) is 0.602. The highest BCUT2D eigenvalue weighted by Gasteiger charge is 2.39. The number of Topliss-reactive ketones (excluding diaryl/α,β-unsaturated/α-hetero) is 1. The molecule has 0 fully saturated rings. The predicted molar refractivity (Wildman–Crippen MR) is 123 cm³/mol. The van der Waals surface area contributed by atoms with Crippen LogP contribution >= 0.6 is 39.1 Å². The number of benzene rings is 2. The molecule has 8 heteroatoms. The Labute approximate surface area is 198 Å². The van der Waals surface area contributed by atoms with Crippen LogP contribution in [0.4, 0.5) is 0 Å². The third-order valence-corrected chi connectivity index (χ3v) is 7.19. The minimum Gasteiger partial charge on any atom is -0.496 e. The van der Waals surface area contributed by atoms with Crippen LogP contribution in [0.15, 0.2) is 46.1 Å². The number of methoxy groups -OCH3 is 2. The van der Waals surface area contributed by atoms with Crippen molar-refractivity contribution in [2.45, 2.75) is 31.1 Å². The van der Waals surface area contributed by atoms with Crippen molar-refractivity contribution in [1.82, 2.24) is 5.32 Å². The van der Waals surface area contributed by atoms with Gasteiger partial charge in [0.15, 0.2) is 5.78 Å². The molecule has 4 rings (SSSR count). The normalized spacial score (nSPS) is 20.9. The maximum atomic E-state index is 13.3. The van der Waals surface area contributed by atoms with E-state index in [1.165, 1.54) is 0 Å². The lowest BCUT2D eigenvalue weighted by Gasteiger charge is -2.35. The Hall–Kier alpha value is -2.02. The van der Waals surface area contributed by atoms with Crippen LogP contribution in [0.3, 0.4) is 0 Å². The average molecular weight is 525 g/mol. The monoisotopic (exact) mass is 523 g/mol. The molecule has 162 valence electrons. The van der Waals surface area contributed by atoms with Gasteiger partial charge in [0, 0.05) is 35.6 Å². The second kappa shape index (κ2) is 8.85. The first kappa shape index (κ1) is 22.2. The van der Waals surface area contributed by atoms with Crippen molar-refractivity contribution < 1.29 is 19.1 Å². The Morgan fingerprint density at radius 1 is 0.968 bits per heavy atom. The zero-order valence-electron chi connectivity index (χ0n) is 16.9. The van der Waals surface area contributed by atoms with Gasteiger partial charge in [-0.1, -0.05) is 29.3 Å². The zero-order valence-corrected chi connectivity index (χ0v) is 20.0. The minimum absolute atomic E-state index is 0.00580. The summed E-state index contributed by atoms with van der Waals surface area (Å²) in [4.78, 5) is 25.9. The number of rotatable bonds is 4. The van der Waals surface area contributed by atoms with E-state index in [9.17, 15) is 9.59 Å². The lowest BCUT2D eigenvalue weighted by atomic mass is 9.73. The summed E-state index contributed by atoms with van der Waals surface area (Å²) in [7, 11) is 3.14. The van der Waals surface area contributed by atoms with Gasteiger partial charge in [-0.05, 0) is 58.1 Å². The van der Waals surface area contributed by atoms with E-state index in [0.29, 0.717) is 45.7 Å². The fourth-order valence-electron chi connectivity index (χ4n) is 4.38. The average Bonchev–Trinajstić information content (AvgIpc) is 2.74. The minimum atomic E-state index is -0.400. The Bertz CT molecular complexity index is 1110. The molecule has 0 aromatic heterocycles. The predicted octanol–water partition coefficient (Wildman–Crippen LogP) is 5.78. The third-order valence-electron chi connectivity index (χ3n) is 5.83. The molecule has 0 saturated carbocycles. The van der Waals surface area contributed by atoms with Gasteiger partial charge in [-0.3, -0.25) is 9.59 Å². The third kappa shape index (κ3) is 4.21. The van der Waals surface area contributed by atoms with E-state index in [-0.39, 0.29) is 24.0 Å². The molecule has 0 saturated heterocycles. The Morgan fingerprint density at radius 2 is 1.71 bits per heavy atom. The topological polar surface area (TPSA) is 64.6 Å². The van der Waals surface area contributed by atoms with E-state index in [4.69, 9.17) is 32.7 Å². The van der Waals surface area contributed by atoms with E-state index in [0.717, 1.165) is 15.6 Å². The summed E-state index contributed by atoms with van der Waals surface area (Å²) in [5.41, 5.74) is 2.98. The SMILES string of the molecule is COc1cc(C2CC(=O)NC3=C2C(=O)CC(c2ccc(Cl)c(Cl)c2)C3)c(OC)cc1Br. The van der Waals surface area contributed by atoms with Gasteiger partial charge < -0.3 is 14.8 Å². The number of nitrogens with one attached hydrogen (secondary N) is 1. The summed E-state index contributed by atoms with van der Waals surface area (Å²) in [6.45, 7) is 0. The quantitative estimate of drug-likeness (QED) is 0.550. The van der Waals surface area contributed by atoms with Crippen molar-refractivity contribution in [2.24, 2.45) is 0 Å². The van der Waals surface area contributed by atoms with Gasteiger partial charge in [0.1, 0.15) is 11.5 Å². The number of amides is 1. The molecule has 1 heterocycles. The van der Waals surface area contributed by atoms with Crippen molar-refractivity contribution >= 4 is 50.8 Å². The van der Waals surface area contributed by atoms with Gasteiger partial charge in [-0.15, -0.1) is 0 Å². The molecule has 0 spiro atoms. The molecule has 2 aromatic rings. The smallest absolute Gasteiger partial charge is 0.225 e. The van der Waals surface area contributed by atoms with Gasteiger partial charge in [0.05, 0.1) is 28.7 Å². The maximum Gasteiger partial charge on any atom is 0.225 e. The number of carbonyl (C=O) groups excluding carboxylic acids is 2. The maximum absolute atomic E-state index is 13.3. The lowest BCUT2D eigenvalue weighted by Crippen LogP contribution is -2.38. The molecule has 2 aliphatic rings. The summed E-state index contributed by atoms with van der Waals surface area (Å²) in [6.07, 6.45) is 1.04. The first-order valence-corrected chi connectivity index (χ1v) is 11.3. The Morgan fingerprint density at radius 3 is 2.39 bits per heavy atom. The lowest BCUT2D eigenvalue weighted by molar-refractivity contribution is -0.122. The largest absolute Gasteiger partial charge is 0.496 e. The van der Waals surface area contributed by atoms with E-state index in [1.807, 2.05) is 12.1 Å². The molecule has 1 amide bonds. The molecule has 1 N–H and O–H groups in total. The van der Waals surface area contributed by atoms with Crippen LogP contribution in [-0.4, -0.2) is 25.9 Å². The van der Waals surface area contributed by atoms with Gasteiger partial charge in [0.2, 0.25) is 5.91 Å². The van der Waals surface area contributed by atoms with Crippen LogP contribution in [0.2, 0.25) is 10.0 Å². The van der Waals surface area contributed by atoms with Crippen molar-refractivity contribution in [2.75, 3.05) is 14.2 Å². The molecule has 1 aliphatic heterocycles. The van der Waals surface area contributed by atoms with Gasteiger partial charge in [0.25, 0.3) is 0 Å². The van der Waals surface area contributed by atoms with Crippen molar-refractivity contribution in [3.8, 4) is 11.5 Å². The van der Waals surface area contributed by atoms with E-state index in [1.54, 1.807) is 32.4 Å². The van der Waals surface area contributed by atoms with Crippen LogP contribution in [0.25, 0.3) is 0 Å². The number of halogens is 3. The molecule has 5 nitrogen and oxygen atoms in total. The van der Waals surface area contributed by atoms with Crippen molar-refractivity contribution in [3.63, 3.8) is 0 Å². The molecular formula is C23H20BrCl2NO4. The second-order valence-electron chi connectivity index (χ2n) is 7.63.